The van der Waals surface area contributed by atoms with Crippen molar-refractivity contribution in [2.45, 2.75) is 26.4 Å². The van der Waals surface area contributed by atoms with E-state index in [1.54, 1.807) is 18.6 Å². The molecule has 4 heterocycles. The SMILES string of the molecule is Cc1cc(C(=O)NCc2cccnc2)cnc1N1CCc2ncccc2C1. The Labute approximate surface area is 158 Å². The molecule has 0 spiro atoms. The topological polar surface area (TPSA) is 71.0 Å². The number of pyridine rings is 3. The molecule has 0 unspecified atom stereocenters. The maximum Gasteiger partial charge on any atom is 0.253 e. The number of nitrogens with zero attached hydrogens (tertiary/aromatic N) is 4. The van der Waals surface area contributed by atoms with Crippen LogP contribution >= 0.6 is 0 Å². The van der Waals surface area contributed by atoms with Crippen LogP contribution in [0.5, 0.6) is 0 Å². The number of nitrogens with one attached hydrogen (secondary N) is 1. The summed E-state index contributed by atoms with van der Waals surface area (Å²) < 4.78 is 0. The fourth-order valence-corrected chi connectivity index (χ4v) is 3.36. The zero-order valence-corrected chi connectivity index (χ0v) is 15.2. The number of hydrogen-bond donors (Lipinski definition) is 1. The van der Waals surface area contributed by atoms with Gasteiger partial charge in [-0.05, 0) is 41.8 Å². The van der Waals surface area contributed by atoms with E-state index in [4.69, 9.17) is 0 Å². The lowest BCUT2D eigenvalue weighted by atomic mass is 10.0. The summed E-state index contributed by atoms with van der Waals surface area (Å²) in [5.41, 5.74) is 4.93. The van der Waals surface area contributed by atoms with Gasteiger partial charge in [0.15, 0.2) is 0 Å². The molecule has 3 aromatic rings. The summed E-state index contributed by atoms with van der Waals surface area (Å²) in [6, 6.07) is 9.78. The summed E-state index contributed by atoms with van der Waals surface area (Å²) in [6.45, 7) is 4.12. The first kappa shape index (κ1) is 17.1. The van der Waals surface area contributed by atoms with Crippen LogP contribution in [0.2, 0.25) is 0 Å². The Morgan fingerprint density at radius 1 is 1.19 bits per heavy atom. The highest BCUT2D eigenvalue weighted by molar-refractivity contribution is 5.94. The van der Waals surface area contributed by atoms with Crippen molar-refractivity contribution in [3.05, 3.63) is 83.1 Å². The predicted octanol–water partition coefficient (Wildman–Crippen LogP) is 2.67. The maximum absolute atomic E-state index is 12.4. The third-order valence-electron chi connectivity index (χ3n) is 4.75. The van der Waals surface area contributed by atoms with Gasteiger partial charge in [0, 0.05) is 56.5 Å². The lowest BCUT2D eigenvalue weighted by Crippen LogP contribution is -2.32. The zero-order chi connectivity index (χ0) is 18.6. The number of amides is 1. The average molecular weight is 359 g/mol. The number of aryl methyl sites for hydroxylation is 1. The average Bonchev–Trinajstić information content (AvgIpc) is 2.72. The minimum Gasteiger partial charge on any atom is -0.352 e. The zero-order valence-electron chi connectivity index (χ0n) is 15.2. The number of anilines is 1. The lowest BCUT2D eigenvalue weighted by molar-refractivity contribution is 0.0950. The number of rotatable bonds is 4. The van der Waals surface area contributed by atoms with Crippen LogP contribution in [0, 0.1) is 6.92 Å². The Morgan fingerprint density at radius 2 is 2.07 bits per heavy atom. The molecule has 0 fully saturated rings. The fourth-order valence-electron chi connectivity index (χ4n) is 3.36. The maximum atomic E-state index is 12.4. The van der Waals surface area contributed by atoms with Crippen molar-refractivity contribution in [1.29, 1.82) is 0 Å². The van der Waals surface area contributed by atoms with Crippen LogP contribution in [-0.4, -0.2) is 27.4 Å². The van der Waals surface area contributed by atoms with Gasteiger partial charge < -0.3 is 10.2 Å². The third kappa shape index (κ3) is 3.79. The molecule has 0 saturated carbocycles. The van der Waals surface area contributed by atoms with E-state index in [0.29, 0.717) is 12.1 Å². The normalized spacial score (nSPS) is 13.1. The molecular formula is C21H21N5O. The van der Waals surface area contributed by atoms with Crippen molar-refractivity contribution < 1.29 is 4.79 Å². The summed E-state index contributed by atoms with van der Waals surface area (Å²) in [5.74, 6) is 0.794. The molecule has 1 aliphatic heterocycles. The van der Waals surface area contributed by atoms with Crippen molar-refractivity contribution in [3.8, 4) is 0 Å². The van der Waals surface area contributed by atoms with Gasteiger partial charge in [0.05, 0.1) is 5.56 Å². The fraction of sp³-hybridized carbons (Fsp3) is 0.238. The van der Waals surface area contributed by atoms with Gasteiger partial charge in [0.1, 0.15) is 5.82 Å². The molecule has 4 rings (SSSR count). The van der Waals surface area contributed by atoms with E-state index < -0.39 is 0 Å². The molecule has 136 valence electrons. The molecule has 0 saturated heterocycles. The van der Waals surface area contributed by atoms with Crippen LogP contribution in [0.3, 0.4) is 0 Å². The van der Waals surface area contributed by atoms with Gasteiger partial charge in [-0.1, -0.05) is 12.1 Å². The van der Waals surface area contributed by atoms with E-state index in [1.807, 2.05) is 37.4 Å². The van der Waals surface area contributed by atoms with E-state index in [1.165, 1.54) is 5.56 Å². The van der Waals surface area contributed by atoms with Crippen molar-refractivity contribution >= 4 is 11.7 Å². The summed E-state index contributed by atoms with van der Waals surface area (Å²) in [4.78, 5) is 27.8. The number of carbonyl (C=O) groups excluding carboxylic acids is 1. The van der Waals surface area contributed by atoms with E-state index in [2.05, 4.69) is 31.2 Å². The molecule has 27 heavy (non-hydrogen) atoms. The van der Waals surface area contributed by atoms with Crippen LogP contribution in [0.25, 0.3) is 0 Å². The summed E-state index contributed by atoms with van der Waals surface area (Å²) in [6.07, 6.45) is 7.86. The molecule has 0 aliphatic carbocycles. The first-order chi connectivity index (χ1) is 13.2. The molecule has 0 radical (unpaired) electrons. The van der Waals surface area contributed by atoms with Gasteiger partial charge in [-0.15, -0.1) is 0 Å². The van der Waals surface area contributed by atoms with Gasteiger partial charge in [0.2, 0.25) is 0 Å². The first-order valence-corrected chi connectivity index (χ1v) is 9.02. The molecule has 1 amide bonds. The standard InChI is InChI=1S/C21H21N5O/c1-15-10-18(21(27)25-12-16-4-2-7-22-11-16)13-24-20(15)26-9-6-19-17(14-26)5-3-8-23-19/h2-5,7-8,10-11,13H,6,9,12,14H2,1H3,(H,25,27). The van der Waals surface area contributed by atoms with E-state index in [0.717, 1.165) is 42.1 Å². The molecule has 0 atom stereocenters. The number of carbonyl (C=O) groups is 1. The second-order valence-electron chi connectivity index (χ2n) is 6.69. The number of fused-ring (bicyclic) bond motifs is 1. The minimum absolute atomic E-state index is 0.130. The number of hydrogen-bond acceptors (Lipinski definition) is 5. The van der Waals surface area contributed by atoms with Crippen molar-refractivity contribution in [3.63, 3.8) is 0 Å². The third-order valence-corrected chi connectivity index (χ3v) is 4.75. The smallest absolute Gasteiger partial charge is 0.253 e. The summed E-state index contributed by atoms with van der Waals surface area (Å²) in [7, 11) is 0. The quantitative estimate of drug-likeness (QED) is 0.775. The van der Waals surface area contributed by atoms with Gasteiger partial charge in [0.25, 0.3) is 5.91 Å². The number of aromatic nitrogens is 3. The lowest BCUT2D eigenvalue weighted by Gasteiger charge is -2.30. The monoisotopic (exact) mass is 359 g/mol. The predicted molar refractivity (Wildman–Crippen MR) is 103 cm³/mol. The molecule has 6 heteroatoms. The van der Waals surface area contributed by atoms with Gasteiger partial charge in [-0.25, -0.2) is 4.98 Å². The van der Waals surface area contributed by atoms with Crippen molar-refractivity contribution in [2.24, 2.45) is 0 Å². The Morgan fingerprint density at radius 3 is 2.89 bits per heavy atom. The summed E-state index contributed by atoms with van der Waals surface area (Å²) in [5, 5.41) is 2.91. The van der Waals surface area contributed by atoms with Crippen LogP contribution in [0.1, 0.15) is 32.7 Å². The van der Waals surface area contributed by atoms with Gasteiger partial charge in [-0.2, -0.15) is 0 Å². The second kappa shape index (κ2) is 7.53. The van der Waals surface area contributed by atoms with Crippen LogP contribution < -0.4 is 10.2 Å². The van der Waals surface area contributed by atoms with Crippen LogP contribution in [-0.2, 0) is 19.5 Å². The molecule has 0 aromatic carbocycles. The van der Waals surface area contributed by atoms with E-state index >= 15 is 0 Å². The first-order valence-electron chi connectivity index (χ1n) is 9.02. The molecule has 1 aliphatic rings. The second-order valence-corrected chi connectivity index (χ2v) is 6.69. The molecule has 6 nitrogen and oxygen atoms in total. The van der Waals surface area contributed by atoms with Gasteiger partial charge >= 0.3 is 0 Å². The Kier molecular flexibility index (Phi) is 4.78. The van der Waals surface area contributed by atoms with Crippen molar-refractivity contribution in [1.82, 2.24) is 20.3 Å². The van der Waals surface area contributed by atoms with Crippen LogP contribution in [0.4, 0.5) is 5.82 Å². The van der Waals surface area contributed by atoms with E-state index in [-0.39, 0.29) is 5.91 Å². The Bertz CT molecular complexity index is 958. The molecular weight excluding hydrogens is 338 g/mol. The molecule has 3 aromatic heterocycles. The van der Waals surface area contributed by atoms with Crippen LogP contribution in [0.15, 0.2) is 55.1 Å². The highest BCUT2D eigenvalue weighted by atomic mass is 16.1. The van der Waals surface area contributed by atoms with Crippen molar-refractivity contribution in [2.75, 3.05) is 11.4 Å². The highest BCUT2D eigenvalue weighted by Crippen LogP contribution is 2.24. The summed E-state index contributed by atoms with van der Waals surface area (Å²) >= 11 is 0. The largest absolute Gasteiger partial charge is 0.352 e. The Balaban J connectivity index is 1.46. The van der Waals surface area contributed by atoms with E-state index in [9.17, 15) is 4.79 Å². The highest BCUT2D eigenvalue weighted by Gasteiger charge is 2.20. The molecule has 1 N–H and O–H groups in total. The van der Waals surface area contributed by atoms with Gasteiger partial charge in [-0.3, -0.25) is 14.8 Å². The molecule has 0 bridgehead atoms. The minimum atomic E-state index is -0.130. The Hall–Kier alpha value is -3.28.